The van der Waals surface area contributed by atoms with Crippen LogP contribution in [0.5, 0.6) is 0 Å². The van der Waals surface area contributed by atoms with E-state index in [0.29, 0.717) is 38.0 Å². The Morgan fingerprint density at radius 2 is 2.00 bits per heavy atom. The normalized spacial score (nSPS) is 16.2. The van der Waals surface area contributed by atoms with Gasteiger partial charge in [-0.2, -0.15) is 0 Å². The highest BCUT2D eigenvalue weighted by Crippen LogP contribution is 2.19. The topological polar surface area (TPSA) is 98.7 Å². The molecule has 8 heteroatoms. The minimum atomic E-state index is -0.910. The van der Waals surface area contributed by atoms with Gasteiger partial charge in [-0.3, -0.25) is 9.59 Å². The van der Waals surface area contributed by atoms with Crippen LogP contribution in [0.25, 0.3) is 0 Å². The average molecular weight is 349 g/mol. The fraction of sp³-hybridized carbons (Fsp3) is 0.588. The van der Waals surface area contributed by atoms with Gasteiger partial charge in [0.1, 0.15) is 6.33 Å². The number of esters is 2. The molecule has 1 unspecified atom stereocenters. The number of methoxy groups -OCH3 is 1. The second-order valence-corrected chi connectivity index (χ2v) is 5.91. The summed E-state index contributed by atoms with van der Waals surface area (Å²) in [6, 6.07) is 0. The van der Waals surface area contributed by atoms with Crippen LogP contribution in [0.4, 0.5) is 0 Å². The summed E-state index contributed by atoms with van der Waals surface area (Å²) in [5.74, 6) is -1.31. The Kier molecular flexibility index (Phi) is 6.44. The molecule has 25 heavy (non-hydrogen) atoms. The molecular weight excluding hydrogens is 326 g/mol. The van der Waals surface area contributed by atoms with Crippen molar-refractivity contribution in [2.45, 2.75) is 39.2 Å². The van der Waals surface area contributed by atoms with E-state index in [1.807, 2.05) is 6.92 Å². The number of piperidine rings is 1. The van der Waals surface area contributed by atoms with Crippen molar-refractivity contribution in [3.63, 3.8) is 0 Å². The molecule has 1 amide bonds. The van der Waals surface area contributed by atoms with Crippen LogP contribution in [0.1, 0.15) is 42.7 Å². The zero-order valence-electron chi connectivity index (χ0n) is 14.7. The molecule has 0 radical (unpaired) electrons. The van der Waals surface area contributed by atoms with Crippen molar-refractivity contribution in [2.75, 3.05) is 20.2 Å². The summed E-state index contributed by atoms with van der Waals surface area (Å²) in [5.41, 5.74) is 0.854. The molecule has 0 bridgehead atoms. The number of carbonyl (C=O) groups is 3. The molecule has 1 fully saturated rings. The van der Waals surface area contributed by atoms with Crippen LogP contribution in [-0.2, 0) is 25.5 Å². The second kappa shape index (κ2) is 8.55. The third-order valence-electron chi connectivity index (χ3n) is 4.32. The Balaban J connectivity index is 1.92. The Morgan fingerprint density at radius 3 is 2.60 bits per heavy atom. The molecule has 0 aromatic carbocycles. The van der Waals surface area contributed by atoms with Crippen LogP contribution in [-0.4, -0.2) is 59.0 Å². The average Bonchev–Trinajstić information content (AvgIpc) is 2.66. The molecule has 1 aliphatic heterocycles. The van der Waals surface area contributed by atoms with Crippen molar-refractivity contribution in [1.29, 1.82) is 0 Å². The number of hydrogen-bond acceptors (Lipinski definition) is 7. The Hall–Kier alpha value is -2.51. The molecule has 0 spiro atoms. The molecule has 0 saturated carbocycles. The highest BCUT2D eigenvalue weighted by molar-refractivity contribution is 5.92. The molecule has 136 valence electrons. The standard InChI is InChI=1S/C17H23N3O5/c1-4-14-13(9-18-10-19-14)17(23)25-11(2)15(21)20-7-5-12(6-8-20)16(22)24-3/h9-12H,4-8H2,1-3H3. The van der Waals surface area contributed by atoms with Gasteiger partial charge in [0, 0.05) is 19.3 Å². The summed E-state index contributed by atoms with van der Waals surface area (Å²) >= 11 is 0. The van der Waals surface area contributed by atoms with E-state index < -0.39 is 12.1 Å². The number of aryl methyl sites for hydroxylation is 1. The fourth-order valence-corrected chi connectivity index (χ4v) is 2.84. The number of nitrogens with zero attached hydrogens (tertiary/aromatic N) is 3. The predicted molar refractivity (Wildman–Crippen MR) is 87.6 cm³/mol. The summed E-state index contributed by atoms with van der Waals surface area (Å²) in [6.07, 6.45) is 3.52. The highest BCUT2D eigenvalue weighted by Gasteiger charge is 2.31. The number of hydrogen-bond donors (Lipinski definition) is 0. The molecule has 1 atom stereocenters. The quantitative estimate of drug-likeness (QED) is 0.731. The van der Waals surface area contributed by atoms with Crippen LogP contribution < -0.4 is 0 Å². The van der Waals surface area contributed by atoms with E-state index in [0.717, 1.165) is 0 Å². The molecule has 2 heterocycles. The van der Waals surface area contributed by atoms with Crippen LogP contribution >= 0.6 is 0 Å². The number of aromatic nitrogens is 2. The van der Waals surface area contributed by atoms with Gasteiger partial charge in [0.2, 0.25) is 0 Å². The highest BCUT2D eigenvalue weighted by atomic mass is 16.5. The summed E-state index contributed by atoms with van der Waals surface area (Å²) in [5, 5.41) is 0. The molecule has 2 rings (SSSR count). The van der Waals surface area contributed by atoms with Crippen LogP contribution in [0.2, 0.25) is 0 Å². The first-order chi connectivity index (χ1) is 12.0. The lowest BCUT2D eigenvalue weighted by atomic mass is 9.97. The van der Waals surface area contributed by atoms with Crippen molar-refractivity contribution in [3.05, 3.63) is 23.8 Å². The summed E-state index contributed by atoms with van der Waals surface area (Å²) in [7, 11) is 1.36. The van der Waals surface area contributed by atoms with Gasteiger partial charge in [-0.05, 0) is 26.2 Å². The molecule has 0 N–H and O–H groups in total. The van der Waals surface area contributed by atoms with Gasteiger partial charge in [0.25, 0.3) is 5.91 Å². The Bertz CT molecular complexity index is 641. The van der Waals surface area contributed by atoms with Gasteiger partial charge in [0.05, 0.1) is 24.3 Å². The lowest BCUT2D eigenvalue weighted by Gasteiger charge is -2.32. The van der Waals surface area contributed by atoms with Gasteiger partial charge in [-0.1, -0.05) is 6.92 Å². The third kappa shape index (κ3) is 4.52. The second-order valence-electron chi connectivity index (χ2n) is 5.91. The SMILES string of the molecule is CCc1ncncc1C(=O)OC(C)C(=O)N1CCC(C(=O)OC)CC1. The zero-order valence-corrected chi connectivity index (χ0v) is 14.7. The number of likely N-dealkylation sites (tertiary alicyclic amines) is 1. The fourth-order valence-electron chi connectivity index (χ4n) is 2.84. The predicted octanol–water partition coefficient (Wildman–Crippen LogP) is 0.996. The van der Waals surface area contributed by atoms with E-state index in [-0.39, 0.29) is 23.4 Å². The Morgan fingerprint density at radius 1 is 1.32 bits per heavy atom. The van der Waals surface area contributed by atoms with Gasteiger partial charge < -0.3 is 14.4 Å². The first-order valence-corrected chi connectivity index (χ1v) is 8.34. The lowest BCUT2D eigenvalue weighted by Crippen LogP contribution is -2.45. The van der Waals surface area contributed by atoms with Crippen molar-refractivity contribution >= 4 is 17.8 Å². The molecular formula is C17H23N3O5. The third-order valence-corrected chi connectivity index (χ3v) is 4.32. The number of carbonyl (C=O) groups excluding carboxylic acids is 3. The minimum absolute atomic E-state index is 0.180. The van der Waals surface area contributed by atoms with Gasteiger partial charge in [0.15, 0.2) is 6.10 Å². The number of amides is 1. The van der Waals surface area contributed by atoms with E-state index in [1.165, 1.54) is 19.6 Å². The zero-order chi connectivity index (χ0) is 18.4. The molecule has 8 nitrogen and oxygen atoms in total. The minimum Gasteiger partial charge on any atom is -0.469 e. The molecule has 0 aliphatic carbocycles. The maximum atomic E-state index is 12.5. The van der Waals surface area contributed by atoms with E-state index in [9.17, 15) is 14.4 Å². The van der Waals surface area contributed by atoms with Crippen molar-refractivity contribution in [2.24, 2.45) is 5.92 Å². The Labute approximate surface area is 146 Å². The van der Waals surface area contributed by atoms with Crippen LogP contribution in [0.15, 0.2) is 12.5 Å². The van der Waals surface area contributed by atoms with E-state index >= 15 is 0 Å². The molecule has 1 aromatic rings. The lowest BCUT2D eigenvalue weighted by molar-refractivity contribution is -0.150. The van der Waals surface area contributed by atoms with Crippen molar-refractivity contribution < 1.29 is 23.9 Å². The van der Waals surface area contributed by atoms with Crippen LogP contribution in [0, 0.1) is 5.92 Å². The molecule has 1 aliphatic rings. The summed E-state index contributed by atoms with van der Waals surface area (Å²) in [4.78, 5) is 45.8. The van der Waals surface area contributed by atoms with Gasteiger partial charge in [-0.15, -0.1) is 0 Å². The maximum absolute atomic E-state index is 12.5. The molecule has 1 aromatic heterocycles. The van der Waals surface area contributed by atoms with Gasteiger partial charge >= 0.3 is 11.9 Å². The van der Waals surface area contributed by atoms with Crippen molar-refractivity contribution in [1.82, 2.24) is 14.9 Å². The summed E-state index contributed by atoms with van der Waals surface area (Å²) < 4.78 is 10.0. The largest absolute Gasteiger partial charge is 0.469 e. The molecule has 1 saturated heterocycles. The van der Waals surface area contributed by atoms with E-state index in [2.05, 4.69) is 9.97 Å². The number of ether oxygens (including phenoxy) is 2. The van der Waals surface area contributed by atoms with E-state index in [4.69, 9.17) is 9.47 Å². The van der Waals surface area contributed by atoms with Crippen molar-refractivity contribution in [3.8, 4) is 0 Å². The smallest absolute Gasteiger partial charge is 0.342 e. The van der Waals surface area contributed by atoms with Crippen LogP contribution in [0.3, 0.4) is 0 Å². The number of rotatable bonds is 5. The first kappa shape index (κ1) is 18.8. The monoisotopic (exact) mass is 349 g/mol. The maximum Gasteiger partial charge on any atom is 0.342 e. The van der Waals surface area contributed by atoms with Gasteiger partial charge in [-0.25, -0.2) is 14.8 Å². The summed E-state index contributed by atoms with van der Waals surface area (Å²) in [6.45, 7) is 4.30. The van der Waals surface area contributed by atoms with E-state index in [1.54, 1.807) is 11.8 Å². The first-order valence-electron chi connectivity index (χ1n) is 8.34.